The Morgan fingerprint density at radius 3 is 2.84 bits per heavy atom. The predicted octanol–water partition coefficient (Wildman–Crippen LogP) is 3.98. The van der Waals surface area contributed by atoms with E-state index in [4.69, 9.17) is 25.4 Å². The fraction of sp³-hybridized carbons (Fsp3) is 0.333. The molecule has 1 unspecified atom stereocenters. The molecule has 7 heteroatoms. The molecule has 1 aliphatic heterocycles. The highest BCUT2D eigenvalue weighted by Gasteiger charge is 2.38. The van der Waals surface area contributed by atoms with Crippen LogP contribution in [-0.2, 0) is 18.3 Å². The van der Waals surface area contributed by atoms with E-state index in [0.717, 1.165) is 9.14 Å². The number of hydrogen-bond acceptors (Lipinski definition) is 4. The van der Waals surface area contributed by atoms with Crippen LogP contribution in [0.3, 0.4) is 0 Å². The molecule has 0 fully saturated rings. The predicted molar refractivity (Wildman–Crippen MR) is 84.2 cm³/mol. The number of rotatable bonds is 4. The number of halogens is 2. The van der Waals surface area contributed by atoms with Gasteiger partial charge in [0.25, 0.3) is 0 Å². The van der Waals surface area contributed by atoms with E-state index in [0.29, 0.717) is 22.7 Å². The summed E-state index contributed by atoms with van der Waals surface area (Å²) in [5.41, 5.74) is 0.820. The quantitative estimate of drug-likeness (QED) is 0.552. The molecule has 0 N–H and O–H groups in total. The first-order valence-corrected chi connectivity index (χ1v) is 8.64. The SMILES string of the molecule is CCOP1(=O)OC(COC)=C(I)c2ccc(Cl)cc21. The van der Waals surface area contributed by atoms with Gasteiger partial charge in [0, 0.05) is 17.7 Å². The van der Waals surface area contributed by atoms with Crippen molar-refractivity contribution in [3.63, 3.8) is 0 Å². The summed E-state index contributed by atoms with van der Waals surface area (Å²) in [7, 11) is -1.82. The molecule has 0 aromatic heterocycles. The zero-order chi connectivity index (χ0) is 14.0. The molecule has 1 aliphatic rings. The third-order valence-electron chi connectivity index (χ3n) is 2.54. The highest BCUT2D eigenvalue weighted by Crippen LogP contribution is 2.55. The molecule has 0 bridgehead atoms. The summed E-state index contributed by atoms with van der Waals surface area (Å²) in [6.07, 6.45) is 0. The molecule has 19 heavy (non-hydrogen) atoms. The summed E-state index contributed by atoms with van der Waals surface area (Å²) in [5, 5.41) is 1.01. The zero-order valence-electron chi connectivity index (χ0n) is 10.5. The van der Waals surface area contributed by atoms with E-state index in [9.17, 15) is 4.57 Å². The van der Waals surface area contributed by atoms with Crippen molar-refractivity contribution in [1.82, 2.24) is 0 Å². The van der Waals surface area contributed by atoms with Gasteiger partial charge in [-0.05, 0) is 41.6 Å². The lowest BCUT2D eigenvalue weighted by atomic mass is 10.2. The van der Waals surface area contributed by atoms with E-state index in [1.165, 1.54) is 0 Å². The van der Waals surface area contributed by atoms with Crippen LogP contribution in [-0.4, -0.2) is 20.3 Å². The van der Waals surface area contributed by atoms with Crippen molar-refractivity contribution in [3.05, 3.63) is 34.5 Å². The first-order chi connectivity index (χ1) is 9.01. The Labute approximate surface area is 130 Å². The van der Waals surface area contributed by atoms with Crippen molar-refractivity contribution >= 4 is 50.7 Å². The second-order valence-electron chi connectivity index (χ2n) is 3.84. The molecule has 1 atom stereocenters. The van der Waals surface area contributed by atoms with E-state index in [2.05, 4.69) is 22.6 Å². The monoisotopic (exact) mass is 414 g/mol. The lowest BCUT2D eigenvalue weighted by Gasteiger charge is -2.27. The average Bonchev–Trinajstić information content (AvgIpc) is 2.36. The Bertz CT molecular complexity index is 573. The zero-order valence-corrected chi connectivity index (χ0v) is 14.3. The summed E-state index contributed by atoms with van der Waals surface area (Å²) in [6, 6.07) is 5.21. The van der Waals surface area contributed by atoms with E-state index < -0.39 is 7.60 Å². The number of fused-ring (bicyclic) bond motifs is 1. The van der Waals surface area contributed by atoms with Gasteiger partial charge >= 0.3 is 7.60 Å². The van der Waals surface area contributed by atoms with E-state index >= 15 is 0 Å². The van der Waals surface area contributed by atoms with Gasteiger partial charge in [-0.25, -0.2) is 4.57 Å². The molecule has 0 saturated heterocycles. The second-order valence-corrected chi connectivity index (χ2v) is 7.27. The van der Waals surface area contributed by atoms with E-state index in [-0.39, 0.29) is 6.61 Å². The molecule has 1 aromatic rings. The van der Waals surface area contributed by atoms with Crippen LogP contribution >= 0.6 is 41.8 Å². The maximum atomic E-state index is 12.8. The van der Waals surface area contributed by atoms with Gasteiger partial charge in [0.1, 0.15) is 12.4 Å². The minimum Gasteiger partial charge on any atom is -0.422 e. The van der Waals surface area contributed by atoms with Crippen molar-refractivity contribution in [2.45, 2.75) is 6.92 Å². The molecule has 4 nitrogen and oxygen atoms in total. The highest BCUT2D eigenvalue weighted by molar-refractivity contribution is 14.1. The first kappa shape index (κ1) is 15.3. The lowest BCUT2D eigenvalue weighted by molar-refractivity contribution is 0.176. The van der Waals surface area contributed by atoms with E-state index in [1.54, 1.807) is 26.2 Å². The van der Waals surface area contributed by atoms with Crippen molar-refractivity contribution in [2.24, 2.45) is 0 Å². The number of hydrogen-bond donors (Lipinski definition) is 0. The molecule has 0 spiro atoms. The Morgan fingerprint density at radius 1 is 1.47 bits per heavy atom. The summed E-state index contributed by atoms with van der Waals surface area (Å²) in [4.78, 5) is 0. The third-order valence-corrected chi connectivity index (χ3v) is 5.98. The smallest absolute Gasteiger partial charge is 0.411 e. The van der Waals surface area contributed by atoms with Gasteiger partial charge in [-0.15, -0.1) is 0 Å². The fourth-order valence-electron chi connectivity index (χ4n) is 1.79. The van der Waals surface area contributed by atoms with Crippen molar-refractivity contribution in [3.8, 4) is 0 Å². The molecule has 1 heterocycles. The lowest BCUT2D eigenvalue weighted by Crippen LogP contribution is -2.20. The topological polar surface area (TPSA) is 44.8 Å². The van der Waals surface area contributed by atoms with Gasteiger partial charge in [0.05, 0.1) is 15.5 Å². The van der Waals surface area contributed by atoms with Gasteiger partial charge < -0.3 is 9.26 Å². The minimum absolute atomic E-state index is 0.247. The summed E-state index contributed by atoms with van der Waals surface area (Å²) < 4.78 is 29.7. The molecule has 1 aromatic carbocycles. The van der Waals surface area contributed by atoms with Gasteiger partial charge in [-0.1, -0.05) is 17.7 Å². The summed E-state index contributed by atoms with van der Waals surface area (Å²) in [5.74, 6) is 0.523. The van der Waals surface area contributed by atoms with Crippen LogP contribution in [0.15, 0.2) is 24.0 Å². The molecule has 2 rings (SSSR count). The van der Waals surface area contributed by atoms with Crippen LogP contribution in [0.25, 0.3) is 3.58 Å². The molecule has 0 radical (unpaired) electrons. The van der Waals surface area contributed by atoms with Crippen LogP contribution in [0.2, 0.25) is 5.02 Å². The molecular formula is C12H13ClIO4P. The Hall–Kier alpha value is -0.0700. The Morgan fingerprint density at radius 2 is 2.21 bits per heavy atom. The molecule has 0 saturated carbocycles. The molecule has 0 aliphatic carbocycles. The standard InChI is InChI=1S/C12H13ClIO4P/c1-3-17-19(15)11-6-8(13)4-5-9(11)12(14)10(18-19)7-16-2/h4-6H,3,7H2,1-2H3. The summed E-state index contributed by atoms with van der Waals surface area (Å²) in [6.45, 7) is 2.31. The molecule has 104 valence electrons. The van der Waals surface area contributed by atoms with Crippen LogP contribution < -0.4 is 5.30 Å². The third kappa shape index (κ3) is 3.00. The fourth-order valence-corrected chi connectivity index (χ4v) is 5.00. The van der Waals surface area contributed by atoms with Gasteiger partial charge in [0.15, 0.2) is 0 Å². The van der Waals surface area contributed by atoms with Gasteiger partial charge in [0.2, 0.25) is 0 Å². The molecular weight excluding hydrogens is 401 g/mol. The van der Waals surface area contributed by atoms with Crippen LogP contribution in [0.4, 0.5) is 0 Å². The number of ether oxygens (including phenoxy) is 1. The Balaban J connectivity index is 2.60. The van der Waals surface area contributed by atoms with Crippen molar-refractivity contribution < 1.29 is 18.3 Å². The maximum Gasteiger partial charge on any atom is 0.411 e. The summed E-state index contributed by atoms with van der Waals surface area (Å²) >= 11 is 8.12. The Kier molecular flexibility index (Phi) is 4.95. The maximum absolute atomic E-state index is 12.8. The average molecular weight is 415 g/mol. The number of benzene rings is 1. The van der Waals surface area contributed by atoms with Crippen molar-refractivity contribution in [2.75, 3.05) is 20.3 Å². The largest absolute Gasteiger partial charge is 0.422 e. The van der Waals surface area contributed by atoms with Crippen LogP contribution in [0.5, 0.6) is 0 Å². The van der Waals surface area contributed by atoms with Gasteiger partial charge in [-0.3, -0.25) is 4.52 Å². The normalized spacial score (nSPS) is 22.1. The highest BCUT2D eigenvalue weighted by atomic mass is 127. The minimum atomic E-state index is -3.38. The number of methoxy groups -OCH3 is 1. The van der Waals surface area contributed by atoms with Gasteiger partial charge in [-0.2, -0.15) is 0 Å². The van der Waals surface area contributed by atoms with Crippen LogP contribution in [0.1, 0.15) is 12.5 Å². The van der Waals surface area contributed by atoms with Crippen LogP contribution in [0, 0.1) is 0 Å². The first-order valence-electron chi connectivity index (χ1n) is 5.64. The van der Waals surface area contributed by atoms with E-state index in [1.807, 2.05) is 6.07 Å². The van der Waals surface area contributed by atoms with Crippen molar-refractivity contribution in [1.29, 1.82) is 0 Å². The molecule has 0 amide bonds. The second kappa shape index (κ2) is 6.14.